The highest BCUT2D eigenvalue weighted by Crippen LogP contribution is 1.89. The maximum atomic E-state index is 11.1. The molecule has 82 valence electrons. The Bertz CT molecular complexity index is 203. The maximum Gasteiger partial charge on any atom is 0.325 e. The fourth-order valence-corrected chi connectivity index (χ4v) is 0.715. The Morgan fingerprint density at radius 2 is 1.86 bits per heavy atom. The molecule has 5 heteroatoms. The number of carbonyl (C=O) groups excluding carboxylic acids is 2. The number of nitrogens with one attached hydrogen (secondary N) is 1. The third kappa shape index (κ3) is 5.53. The quantitative estimate of drug-likeness (QED) is 0.643. The van der Waals surface area contributed by atoms with Crippen LogP contribution >= 0.6 is 0 Å². The van der Waals surface area contributed by atoms with E-state index < -0.39 is 12.1 Å². The summed E-state index contributed by atoms with van der Waals surface area (Å²) in [4.78, 5) is 22.1. The predicted molar refractivity (Wildman–Crippen MR) is 50.7 cm³/mol. The molecule has 0 heterocycles. The Morgan fingerprint density at radius 3 is 2.29 bits per heavy atom. The molecule has 0 saturated heterocycles. The number of hydrogen-bond acceptors (Lipinski definition) is 4. The van der Waals surface area contributed by atoms with Gasteiger partial charge in [0.15, 0.2) is 0 Å². The highest BCUT2D eigenvalue weighted by Gasteiger charge is 2.13. The zero-order valence-electron chi connectivity index (χ0n) is 8.99. The van der Waals surface area contributed by atoms with Crippen LogP contribution in [0.4, 0.5) is 0 Å². The zero-order chi connectivity index (χ0) is 11.1. The van der Waals surface area contributed by atoms with Crippen molar-refractivity contribution in [2.75, 3.05) is 13.7 Å². The lowest BCUT2D eigenvalue weighted by molar-refractivity contribution is -0.148. The van der Waals surface area contributed by atoms with E-state index in [9.17, 15) is 9.59 Å². The van der Waals surface area contributed by atoms with Crippen LogP contribution in [0.3, 0.4) is 0 Å². The lowest BCUT2D eigenvalue weighted by Crippen LogP contribution is -2.38. The Balaban J connectivity index is 3.72. The lowest BCUT2D eigenvalue weighted by atomic mass is 10.4. The Hall–Kier alpha value is -1.10. The summed E-state index contributed by atoms with van der Waals surface area (Å²) in [7, 11) is 1.43. The predicted octanol–water partition coefficient (Wildman–Crippen LogP) is 0.0891. The Labute approximate surface area is 83.8 Å². The number of ether oxygens (including phenoxy) is 2. The van der Waals surface area contributed by atoms with E-state index in [0.29, 0.717) is 0 Å². The van der Waals surface area contributed by atoms with Crippen LogP contribution in [0.2, 0.25) is 0 Å². The van der Waals surface area contributed by atoms with Crippen LogP contribution in [-0.4, -0.2) is 37.7 Å². The maximum absolute atomic E-state index is 11.1. The first-order chi connectivity index (χ1) is 6.47. The summed E-state index contributed by atoms with van der Waals surface area (Å²) < 4.78 is 9.58. The molecule has 5 nitrogen and oxygen atoms in total. The second-order valence-corrected chi connectivity index (χ2v) is 3.13. The van der Waals surface area contributed by atoms with Gasteiger partial charge in [0.1, 0.15) is 12.6 Å². The summed E-state index contributed by atoms with van der Waals surface area (Å²) in [5.41, 5.74) is 0. The van der Waals surface area contributed by atoms with Crippen molar-refractivity contribution in [3.63, 3.8) is 0 Å². The minimum atomic E-state index is -0.554. The highest BCUT2D eigenvalue weighted by molar-refractivity contribution is 5.84. The molecule has 14 heavy (non-hydrogen) atoms. The number of carbonyl (C=O) groups is 2. The van der Waals surface area contributed by atoms with Crippen LogP contribution in [-0.2, 0) is 19.1 Å². The summed E-state index contributed by atoms with van der Waals surface area (Å²) in [5, 5.41) is 2.40. The van der Waals surface area contributed by atoms with Gasteiger partial charge in [0.25, 0.3) is 0 Å². The van der Waals surface area contributed by atoms with Gasteiger partial charge in [-0.2, -0.15) is 0 Å². The molecule has 0 bridgehead atoms. The molecular weight excluding hydrogens is 186 g/mol. The molecule has 0 saturated carbocycles. The van der Waals surface area contributed by atoms with Crippen LogP contribution in [0.25, 0.3) is 0 Å². The van der Waals surface area contributed by atoms with E-state index in [1.165, 1.54) is 7.11 Å². The van der Waals surface area contributed by atoms with Gasteiger partial charge in [-0.1, -0.05) is 0 Å². The van der Waals surface area contributed by atoms with Gasteiger partial charge in [0.2, 0.25) is 5.91 Å². The third-order valence-corrected chi connectivity index (χ3v) is 1.50. The second-order valence-electron chi connectivity index (χ2n) is 3.13. The molecule has 0 aromatic carbocycles. The van der Waals surface area contributed by atoms with Gasteiger partial charge in [-0.3, -0.25) is 9.59 Å². The van der Waals surface area contributed by atoms with E-state index in [-0.39, 0.29) is 18.6 Å². The van der Waals surface area contributed by atoms with E-state index in [4.69, 9.17) is 9.47 Å². The molecule has 0 aliphatic heterocycles. The van der Waals surface area contributed by atoms with Gasteiger partial charge in [-0.25, -0.2) is 0 Å². The van der Waals surface area contributed by atoms with Crippen molar-refractivity contribution in [1.82, 2.24) is 5.32 Å². The van der Waals surface area contributed by atoms with Gasteiger partial charge in [-0.15, -0.1) is 0 Å². The first-order valence-electron chi connectivity index (χ1n) is 4.47. The molecule has 0 aromatic heterocycles. The van der Waals surface area contributed by atoms with Gasteiger partial charge < -0.3 is 14.8 Å². The number of amides is 1. The molecule has 0 aromatic rings. The van der Waals surface area contributed by atoms with Crippen LogP contribution in [0.5, 0.6) is 0 Å². The lowest BCUT2D eigenvalue weighted by Gasteiger charge is -2.11. The number of methoxy groups -OCH3 is 1. The van der Waals surface area contributed by atoms with Crippen molar-refractivity contribution < 1.29 is 19.1 Å². The molecule has 0 unspecified atom stereocenters. The van der Waals surface area contributed by atoms with Gasteiger partial charge in [0, 0.05) is 7.11 Å². The summed E-state index contributed by atoms with van der Waals surface area (Å²) in [6.45, 7) is 4.98. The smallest absolute Gasteiger partial charge is 0.325 e. The highest BCUT2D eigenvalue weighted by atomic mass is 16.5. The minimum absolute atomic E-state index is 0.120. The average molecular weight is 203 g/mol. The normalized spacial score (nSPS) is 12.4. The van der Waals surface area contributed by atoms with Gasteiger partial charge in [0.05, 0.1) is 6.10 Å². The Morgan fingerprint density at radius 1 is 1.29 bits per heavy atom. The summed E-state index contributed by atoms with van der Waals surface area (Å²) >= 11 is 0. The summed E-state index contributed by atoms with van der Waals surface area (Å²) in [6.07, 6.45) is -0.721. The van der Waals surface area contributed by atoms with Gasteiger partial charge >= 0.3 is 5.97 Å². The third-order valence-electron chi connectivity index (χ3n) is 1.50. The SMILES string of the molecule is CO[C@@H](C)C(=O)NCC(=O)OC(C)C. The van der Waals surface area contributed by atoms with E-state index in [1.807, 2.05) is 0 Å². The first kappa shape index (κ1) is 12.9. The number of rotatable bonds is 5. The first-order valence-corrected chi connectivity index (χ1v) is 4.47. The van der Waals surface area contributed by atoms with Crippen LogP contribution in [0, 0.1) is 0 Å². The van der Waals surface area contributed by atoms with Crippen molar-refractivity contribution >= 4 is 11.9 Å². The van der Waals surface area contributed by atoms with Crippen molar-refractivity contribution in [2.24, 2.45) is 0 Å². The van der Waals surface area contributed by atoms with E-state index in [0.717, 1.165) is 0 Å². The molecule has 0 fully saturated rings. The minimum Gasteiger partial charge on any atom is -0.462 e. The van der Waals surface area contributed by atoms with E-state index in [2.05, 4.69) is 5.32 Å². The van der Waals surface area contributed by atoms with Crippen molar-refractivity contribution in [2.45, 2.75) is 33.0 Å². The topological polar surface area (TPSA) is 64.6 Å². The standard InChI is InChI=1S/C9H17NO4/c1-6(2)14-8(11)5-10-9(12)7(3)13-4/h6-7H,5H2,1-4H3,(H,10,12)/t7-/m0/s1. The van der Waals surface area contributed by atoms with Crippen LogP contribution < -0.4 is 5.32 Å². The summed E-state index contributed by atoms with van der Waals surface area (Å²) in [5.74, 6) is -0.773. The molecule has 1 N–H and O–H groups in total. The molecule has 1 amide bonds. The fourth-order valence-electron chi connectivity index (χ4n) is 0.715. The second kappa shape index (κ2) is 6.37. The fraction of sp³-hybridized carbons (Fsp3) is 0.778. The van der Waals surface area contributed by atoms with E-state index >= 15 is 0 Å². The largest absolute Gasteiger partial charge is 0.462 e. The number of hydrogen-bond donors (Lipinski definition) is 1. The van der Waals surface area contributed by atoms with Crippen molar-refractivity contribution in [1.29, 1.82) is 0 Å². The molecule has 0 rings (SSSR count). The zero-order valence-corrected chi connectivity index (χ0v) is 8.99. The molecule has 0 aliphatic rings. The Kier molecular flexibility index (Phi) is 5.87. The molecule has 0 spiro atoms. The van der Waals surface area contributed by atoms with Crippen LogP contribution in [0.15, 0.2) is 0 Å². The molecule has 0 aliphatic carbocycles. The molecule has 0 radical (unpaired) electrons. The molecule has 1 atom stereocenters. The average Bonchev–Trinajstić information content (AvgIpc) is 2.11. The van der Waals surface area contributed by atoms with E-state index in [1.54, 1.807) is 20.8 Å². The van der Waals surface area contributed by atoms with Crippen LogP contribution in [0.1, 0.15) is 20.8 Å². The number of esters is 1. The van der Waals surface area contributed by atoms with Crippen molar-refractivity contribution in [3.8, 4) is 0 Å². The summed E-state index contributed by atoms with van der Waals surface area (Å²) in [6, 6.07) is 0. The monoisotopic (exact) mass is 203 g/mol. The van der Waals surface area contributed by atoms with Crippen molar-refractivity contribution in [3.05, 3.63) is 0 Å². The van der Waals surface area contributed by atoms with Gasteiger partial charge in [-0.05, 0) is 20.8 Å². The molecular formula is C9H17NO4.